The fraction of sp³-hybridized carbons (Fsp3) is 0.500. The molecule has 4 aliphatic rings. The van der Waals surface area contributed by atoms with Gasteiger partial charge in [0.1, 0.15) is 23.2 Å². The number of carbonyl (C=O) groups is 4. The van der Waals surface area contributed by atoms with Crippen LogP contribution in [0.5, 0.6) is 11.5 Å². The highest BCUT2D eigenvalue weighted by Crippen LogP contribution is 2.53. The van der Waals surface area contributed by atoms with Crippen LogP contribution in [0.1, 0.15) is 76.9 Å². The van der Waals surface area contributed by atoms with Gasteiger partial charge in [0.2, 0.25) is 6.79 Å². The molecule has 0 aromatic heterocycles. The molecule has 6 N–H and O–H groups in total. The predicted octanol–water partition coefficient (Wildman–Crippen LogP) is 3.99. The van der Waals surface area contributed by atoms with Gasteiger partial charge in [-0.25, -0.2) is 0 Å². The van der Waals surface area contributed by atoms with E-state index in [0.717, 1.165) is 14.0 Å². The number of fused-ring (bicyclic) bond motifs is 14. The number of hydrogen-bond acceptors (Lipinski definition) is 13. The third-order valence-corrected chi connectivity index (χ3v) is 10.6. The minimum atomic E-state index is -1.62. The second-order valence-corrected chi connectivity index (χ2v) is 14.4. The number of ether oxygens (including phenoxy) is 4. The molecule has 14 nitrogen and oxygen atoms in total. The maximum absolute atomic E-state index is 14.0. The second kappa shape index (κ2) is 16.7. The van der Waals surface area contributed by atoms with Gasteiger partial charge < -0.3 is 49.8 Å². The minimum Gasteiger partial charge on any atom is -0.505 e. The number of aliphatic hydroxyl groups is 4. The molecule has 54 heavy (non-hydrogen) atoms. The van der Waals surface area contributed by atoms with Gasteiger partial charge in [-0.05, 0) is 33.3 Å². The van der Waals surface area contributed by atoms with Crippen molar-refractivity contribution in [3.63, 3.8) is 0 Å². The lowest BCUT2D eigenvalue weighted by molar-refractivity contribution is -0.164. The number of anilines is 1. The Balaban J connectivity index is 2.03. The number of aliphatic hydroxyl groups excluding tert-OH is 4. The van der Waals surface area contributed by atoms with Gasteiger partial charge in [0.15, 0.2) is 11.5 Å². The van der Waals surface area contributed by atoms with E-state index in [4.69, 9.17) is 18.9 Å². The smallest absolute Gasteiger partial charge is 0.313 e. The van der Waals surface area contributed by atoms with Gasteiger partial charge in [-0.3, -0.25) is 19.2 Å². The molecular weight excluding hydrogens is 702 g/mol. The predicted molar refractivity (Wildman–Crippen MR) is 197 cm³/mol. The molecule has 4 bridgehead atoms. The fourth-order valence-electron chi connectivity index (χ4n) is 7.22. The minimum absolute atomic E-state index is 0.00611. The molecular formula is C40H51NO13. The van der Waals surface area contributed by atoms with Crippen molar-refractivity contribution in [3.8, 4) is 11.5 Å². The maximum Gasteiger partial charge on any atom is 0.313 e. The first-order valence-corrected chi connectivity index (χ1v) is 17.8. The van der Waals surface area contributed by atoms with Gasteiger partial charge >= 0.3 is 11.9 Å². The van der Waals surface area contributed by atoms with E-state index in [2.05, 4.69) is 5.32 Å². The summed E-state index contributed by atoms with van der Waals surface area (Å²) in [5.74, 6) is -8.30. The first kappa shape index (κ1) is 42.0. The number of hydrogen-bond donors (Lipinski definition) is 6. The molecule has 3 aliphatic heterocycles. The van der Waals surface area contributed by atoms with Gasteiger partial charge in [-0.15, -0.1) is 0 Å². The van der Waals surface area contributed by atoms with Crippen LogP contribution in [0.3, 0.4) is 0 Å². The summed E-state index contributed by atoms with van der Waals surface area (Å²) >= 11 is 0. The van der Waals surface area contributed by atoms with Crippen LogP contribution in [0, 0.1) is 36.5 Å². The van der Waals surface area contributed by atoms with Crippen LogP contribution in [0.15, 0.2) is 52.5 Å². The lowest BCUT2D eigenvalue weighted by atomic mass is 9.76. The number of aromatic hydroxyl groups is 1. The van der Waals surface area contributed by atoms with E-state index in [1.165, 1.54) is 46.8 Å². The Bertz CT molecular complexity index is 1870. The van der Waals surface area contributed by atoms with E-state index >= 15 is 0 Å². The van der Waals surface area contributed by atoms with Crippen LogP contribution in [0.25, 0.3) is 5.57 Å². The second-order valence-electron chi connectivity index (χ2n) is 14.4. The lowest BCUT2D eigenvalue weighted by Gasteiger charge is -2.37. The Morgan fingerprint density at radius 3 is 1.98 bits per heavy atom. The van der Waals surface area contributed by atoms with Crippen molar-refractivity contribution in [1.82, 2.24) is 0 Å². The van der Waals surface area contributed by atoms with Crippen molar-refractivity contribution >= 4 is 34.9 Å². The standard InChI is InChI=1S/C40H51NO13/c1-16-12-11-13-17(2)39(49)41-29-20(5)38(54-24(9)42)25-26(35(29)48)34(47)23(8)37-27(25)36(52-15-53-37)19(4)14-18(3)31(44)22(7)33(46)28(40(50)51-10)32(45)21(6)30(16)43/h11-14,16,18,21-22,28,30-33,43-46,48H,15H2,1-10H3,(H,41,49)/b12-11-,17-13+,19-14+/t16-,18+,21-,22-,28-,30?,31+,32+,33-/m1/s1. The van der Waals surface area contributed by atoms with Crippen LogP contribution in [0.4, 0.5) is 5.69 Å². The number of phenols is 1. The fourth-order valence-corrected chi connectivity index (χ4v) is 7.22. The van der Waals surface area contributed by atoms with Crippen LogP contribution in [0.2, 0.25) is 0 Å². The summed E-state index contributed by atoms with van der Waals surface area (Å²) in [6, 6.07) is 0. The highest BCUT2D eigenvalue weighted by atomic mass is 16.7. The average Bonchev–Trinajstić information content (AvgIpc) is 3.13. The zero-order chi connectivity index (χ0) is 40.5. The van der Waals surface area contributed by atoms with Crippen molar-refractivity contribution in [2.75, 3.05) is 19.2 Å². The van der Waals surface area contributed by atoms with Gasteiger partial charge in [-0.1, -0.05) is 52.0 Å². The third kappa shape index (κ3) is 7.88. The van der Waals surface area contributed by atoms with E-state index in [-0.39, 0.29) is 63.2 Å². The van der Waals surface area contributed by atoms with E-state index in [9.17, 15) is 44.7 Å². The molecule has 1 aromatic rings. The van der Waals surface area contributed by atoms with Gasteiger partial charge in [0.25, 0.3) is 5.91 Å². The Hall–Kier alpha value is -4.76. The molecule has 9 atom stereocenters. The highest BCUT2D eigenvalue weighted by Gasteiger charge is 2.45. The number of rotatable bonds is 2. The zero-order valence-corrected chi connectivity index (χ0v) is 32.2. The molecule has 1 aromatic carbocycles. The lowest BCUT2D eigenvalue weighted by Crippen LogP contribution is -2.50. The normalized spacial score (nSPS) is 32.3. The molecule has 5 rings (SSSR count). The molecule has 0 radical (unpaired) electrons. The van der Waals surface area contributed by atoms with Crippen LogP contribution in [-0.2, 0) is 28.6 Å². The topological polar surface area (TPSA) is 218 Å². The number of benzene rings is 1. The van der Waals surface area contributed by atoms with Crippen molar-refractivity contribution in [2.24, 2.45) is 29.6 Å². The van der Waals surface area contributed by atoms with Gasteiger partial charge in [-0.2, -0.15) is 0 Å². The quantitative estimate of drug-likeness (QED) is 0.143. The first-order valence-electron chi connectivity index (χ1n) is 17.8. The molecule has 14 heteroatoms. The number of esters is 2. The molecule has 3 heterocycles. The molecule has 1 unspecified atom stereocenters. The van der Waals surface area contributed by atoms with E-state index in [1.54, 1.807) is 32.9 Å². The summed E-state index contributed by atoms with van der Waals surface area (Å²) < 4.78 is 22.5. The largest absolute Gasteiger partial charge is 0.505 e. The summed E-state index contributed by atoms with van der Waals surface area (Å²) in [5.41, 5.74) is 0.550. The third-order valence-electron chi connectivity index (χ3n) is 10.6. The Morgan fingerprint density at radius 2 is 1.41 bits per heavy atom. The number of Topliss-reactive ketones (excluding diaryl/α,β-unsaturated/α-hetero) is 1. The number of nitrogens with one attached hydrogen (secondary N) is 1. The van der Waals surface area contributed by atoms with E-state index in [0.29, 0.717) is 5.57 Å². The number of amides is 1. The monoisotopic (exact) mass is 753 g/mol. The van der Waals surface area contributed by atoms with Crippen molar-refractivity contribution in [3.05, 3.63) is 69.2 Å². The number of methoxy groups -OCH3 is 1. The first-order chi connectivity index (χ1) is 25.3. The molecule has 1 amide bonds. The molecule has 0 fully saturated rings. The Labute approximate surface area is 314 Å². The van der Waals surface area contributed by atoms with Crippen LogP contribution >= 0.6 is 0 Å². The SMILES string of the molecule is COC(=O)[C@H]1[C@H](O)[C@H](C)[C@@H](O)[C@@H](C)/C=C(\C)C2=C3C(=C(C)C(=O)c4c(O)c(c(C)c(OC(C)=O)c43)NC(=O)/C(C)=C/C=C\[C@@H](C)C(O)[C@@H](C)[C@@H]1O)OCO2. The molecule has 294 valence electrons. The van der Waals surface area contributed by atoms with Gasteiger partial charge in [0, 0.05) is 52.9 Å². The molecule has 0 saturated carbocycles. The number of carbonyl (C=O) groups excluding carboxylic acids is 4. The van der Waals surface area contributed by atoms with E-state index < -0.39 is 83.4 Å². The number of ketones is 1. The van der Waals surface area contributed by atoms with Crippen molar-refractivity contribution < 1.29 is 63.7 Å². The average molecular weight is 754 g/mol. The van der Waals surface area contributed by atoms with Gasteiger partial charge in [0.05, 0.1) is 48.3 Å². The molecule has 0 saturated heterocycles. The zero-order valence-electron chi connectivity index (χ0n) is 32.2. The summed E-state index contributed by atoms with van der Waals surface area (Å²) in [5, 5.41) is 60.0. The number of phenolic OH excluding ortho intramolecular Hbond substituents is 1. The summed E-state index contributed by atoms with van der Waals surface area (Å²) in [6.07, 6.45) is 0.456. The number of allylic oxidation sites excluding steroid dienone is 5. The van der Waals surface area contributed by atoms with E-state index in [1.807, 2.05) is 0 Å². The van der Waals surface area contributed by atoms with Crippen LogP contribution in [-0.4, -0.2) is 87.5 Å². The molecule has 0 spiro atoms. The summed E-state index contributed by atoms with van der Waals surface area (Å²) in [4.78, 5) is 53.0. The van der Waals surface area contributed by atoms with Crippen LogP contribution < -0.4 is 10.1 Å². The maximum atomic E-state index is 14.0. The summed E-state index contributed by atoms with van der Waals surface area (Å²) in [7, 11) is 1.11. The van der Waals surface area contributed by atoms with Crippen molar-refractivity contribution in [2.45, 2.75) is 86.7 Å². The molecule has 1 aliphatic carbocycles. The van der Waals surface area contributed by atoms with Crippen molar-refractivity contribution in [1.29, 1.82) is 0 Å². The summed E-state index contributed by atoms with van der Waals surface area (Å²) in [6.45, 7) is 13.4. The Kier molecular flexibility index (Phi) is 13.0. The Morgan fingerprint density at radius 1 is 0.833 bits per heavy atom. The highest BCUT2D eigenvalue weighted by molar-refractivity contribution is 6.21.